The summed E-state index contributed by atoms with van der Waals surface area (Å²) in [5.41, 5.74) is 2.76. The number of amides is 1. The van der Waals surface area contributed by atoms with Crippen molar-refractivity contribution >= 4 is 44.4 Å². The molecule has 14 heteroatoms. The van der Waals surface area contributed by atoms with Gasteiger partial charge < -0.3 is 14.9 Å². The summed E-state index contributed by atoms with van der Waals surface area (Å²) < 4.78 is 67.7. The molecule has 3 aromatic rings. The summed E-state index contributed by atoms with van der Waals surface area (Å²) in [6.07, 6.45) is -3.27. The van der Waals surface area contributed by atoms with Crippen LogP contribution in [0.3, 0.4) is 0 Å². The Hall–Kier alpha value is -2.90. The van der Waals surface area contributed by atoms with Crippen molar-refractivity contribution in [2.75, 3.05) is 30.0 Å². The van der Waals surface area contributed by atoms with Gasteiger partial charge in [0.25, 0.3) is 5.91 Å². The molecule has 9 nitrogen and oxygen atoms in total. The fourth-order valence-corrected chi connectivity index (χ4v) is 7.13. The van der Waals surface area contributed by atoms with E-state index in [4.69, 9.17) is 11.6 Å². The summed E-state index contributed by atoms with van der Waals surface area (Å²) in [5.74, 6) is -2.22. The predicted octanol–water partition coefficient (Wildman–Crippen LogP) is 3.71. The molecule has 210 valence electrons. The molecule has 0 spiro atoms. The highest BCUT2D eigenvalue weighted by atomic mass is 35.5. The number of fused-ring (bicyclic) bond motifs is 3. The normalized spacial score (nSPS) is 19.5. The van der Waals surface area contributed by atoms with Crippen molar-refractivity contribution in [2.45, 2.75) is 44.0 Å². The van der Waals surface area contributed by atoms with Crippen molar-refractivity contribution in [1.29, 1.82) is 0 Å². The largest absolute Gasteiger partial charge is 0.413 e. The summed E-state index contributed by atoms with van der Waals surface area (Å²) in [6.45, 7) is 0.624. The molecule has 0 radical (unpaired) electrons. The molecule has 4 heterocycles. The maximum Gasteiger partial charge on any atom is 0.413 e. The number of aliphatic hydroxyl groups is 1. The Labute approximate surface area is 228 Å². The Bertz CT molecular complexity index is 1480. The van der Waals surface area contributed by atoms with Crippen LogP contribution in [-0.2, 0) is 21.1 Å². The van der Waals surface area contributed by atoms with Gasteiger partial charge in [-0.15, -0.1) is 0 Å². The molecule has 0 bridgehead atoms. The van der Waals surface area contributed by atoms with E-state index in [-0.39, 0.29) is 29.9 Å². The topological polar surface area (TPSA) is 108 Å². The van der Waals surface area contributed by atoms with Gasteiger partial charge in [-0.05, 0) is 49.3 Å². The van der Waals surface area contributed by atoms with Crippen LogP contribution in [0.2, 0.25) is 5.15 Å². The van der Waals surface area contributed by atoms with Gasteiger partial charge in [0.2, 0.25) is 0 Å². The maximum absolute atomic E-state index is 14.2. The number of carbonyl (C=O) groups excluding carboxylic acids is 1. The minimum Gasteiger partial charge on any atom is -0.383 e. The Morgan fingerprint density at radius 1 is 1.21 bits per heavy atom. The minimum absolute atomic E-state index is 0.0255. The number of hydrogen-bond donors (Lipinski definition) is 1. The monoisotopic (exact) mass is 585 g/mol. The van der Waals surface area contributed by atoms with Gasteiger partial charge in [-0.25, -0.2) is 17.9 Å². The number of aliphatic hydroxyl groups excluding tert-OH is 1. The van der Waals surface area contributed by atoms with Crippen LogP contribution in [0.4, 0.5) is 24.5 Å². The molecule has 1 aromatic carbocycles. The Morgan fingerprint density at radius 3 is 2.51 bits per heavy atom. The summed E-state index contributed by atoms with van der Waals surface area (Å²) in [5, 5.41) is 15.2. The van der Waals surface area contributed by atoms with Crippen LogP contribution in [0.25, 0.3) is 5.65 Å². The molecule has 5 rings (SSSR count). The number of benzene rings is 1. The van der Waals surface area contributed by atoms with Gasteiger partial charge in [0.1, 0.15) is 15.9 Å². The standard InChI is InChI=1S/C25H27ClF3N5O4S/c1-32(24(36)22(35)15-8-11-39(37,38)12-9-15)23(25(27,28)29)16-4-6-17(7-5-16)33-10-2-3-18-19(33)14-30-21-13-20(26)31-34(18)21/h4-7,13-15,22-23,35H,2-3,8-12H2,1H3/t22-,23-/m0/s1. The van der Waals surface area contributed by atoms with E-state index in [0.717, 1.165) is 31.3 Å². The lowest BCUT2D eigenvalue weighted by atomic mass is 9.94. The quantitative estimate of drug-likeness (QED) is 0.486. The Kier molecular flexibility index (Phi) is 7.27. The van der Waals surface area contributed by atoms with E-state index < -0.39 is 40.0 Å². The van der Waals surface area contributed by atoms with E-state index in [1.807, 2.05) is 4.90 Å². The Morgan fingerprint density at radius 2 is 1.87 bits per heavy atom. The van der Waals surface area contributed by atoms with Gasteiger partial charge in [0, 0.05) is 25.3 Å². The third-order valence-electron chi connectivity index (χ3n) is 7.48. The van der Waals surface area contributed by atoms with Crippen LogP contribution in [0.1, 0.15) is 36.6 Å². The zero-order chi connectivity index (χ0) is 28.1. The van der Waals surface area contributed by atoms with Crippen LogP contribution in [0.5, 0.6) is 0 Å². The molecule has 39 heavy (non-hydrogen) atoms. The lowest BCUT2D eigenvalue weighted by molar-refractivity contribution is -0.193. The van der Waals surface area contributed by atoms with E-state index in [9.17, 15) is 31.5 Å². The molecule has 1 saturated heterocycles. The summed E-state index contributed by atoms with van der Waals surface area (Å²) >= 11 is 6.04. The van der Waals surface area contributed by atoms with Crippen LogP contribution in [-0.4, -0.2) is 76.3 Å². The molecule has 0 aliphatic carbocycles. The number of carbonyl (C=O) groups is 1. The third kappa shape index (κ3) is 5.44. The number of aromatic nitrogens is 3. The SMILES string of the molecule is CN(C(=O)[C@@H](O)C1CCS(=O)(=O)CC1)[C@@H](c1ccc(N2CCCc3c2cnc2cc(Cl)nn32)cc1)C(F)(F)F. The first-order chi connectivity index (χ1) is 18.4. The van der Waals surface area contributed by atoms with Crippen molar-refractivity contribution < 1.29 is 31.5 Å². The first kappa shape index (κ1) is 27.7. The fraction of sp³-hybridized carbons (Fsp3) is 0.480. The van der Waals surface area contributed by atoms with Gasteiger partial charge in [-0.2, -0.15) is 18.3 Å². The minimum atomic E-state index is -4.81. The van der Waals surface area contributed by atoms with Crippen LogP contribution >= 0.6 is 11.6 Å². The van der Waals surface area contributed by atoms with Crippen molar-refractivity contribution in [2.24, 2.45) is 5.92 Å². The predicted molar refractivity (Wildman–Crippen MR) is 139 cm³/mol. The number of aryl methyl sites for hydroxylation is 1. The number of halogens is 4. The molecular formula is C25H27ClF3N5O4S. The molecule has 2 aliphatic rings. The lowest BCUT2D eigenvalue weighted by Crippen LogP contribution is -2.47. The summed E-state index contributed by atoms with van der Waals surface area (Å²) in [4.78, 5) is 19.8. The molecule has 1 fully saturated rings. The van der Waals surface area contributed by atoms with Crippen LogP contribution in [0.15, 0.2) is 36.5 Å². The molecule has 0 unspecified atom stereocenters. The first-order valence-corrected chi connectivity index (χ1v) is 14.7. The molecule has 1 N–H and O–H groups in total. The number of alkyl halides is 3. The zero-order valence-corrected chi connectivity index (χ0v) is 22.5. The van der Waals surface area contributed by atoms with Gasteiger partial charge >= 0.3 is 6.18 Å². The second-order valence-corrected chi connectivity index (χ2v) is 12.7. The number of nitrogens with zero attached hydrogens (tertiary/aromatic N) is 5. The second kappa shape index (κ2) is 10.3. The summed E-state index contributed by atoms with van der Waals surface area (Å²) in [7, 11) is -2.25. The highest BCUT2D eigenvalue weighted by molar-refractivity contribution is 7.91. The molecule has 0 saturated carbocycles. The number of sulfone groups is 1. The van der Waals surface area contributed by atoms with E-state index in [1.54, 1.807) is 28.9 Å². The first-order valence-electron chi connectivity index (χ1n) is 12.5. The maximum atomic E-state index is 14.2. The highest BCUT2D eigenvalue weighted by Crippen LogP contribution is 2.40. The van der Waals surface area contributed by atoms with E-state index >= 15 is 0 Å². The summed E-state index contributed by atoms with van der Waals surface area (Å²) in [6, 6.07) is 5.12. The molecule has 2 aliphatic heterocycles. The average molecular weight is 586 g/mol. The smallest absolute Gasteiger partial charge is 0.383 e. The Balaban J connectivity index is 1.39. The number of rotatable bonds is 5. The molecule has 2 aromatic heterocycles. The van der Waals surface area contributed by atoms with E-state index in [0.29, 0.717) is 27.9 Å². The van der Waals surface area contributed by atoms with Crippen molar-refractivity contribution in [1.82, 2.24) is 19.5 Å². The lowest BCUT2D eigenvalue weighted by Gasteiger charge is -2.35. The van der Waals surface area contributed by atoms with Gasteiger partial charge in [-0.1, -0.05) is 23.7 Å². The number of likely N-dealkylation sites (N-methyl/N-ethyl adjacent to an activating group) is 1. The van der Waals surface area contributed by atoms with Crippen molar-refractivity contribution in [3.8, 4) is 0 Å². The van der Waals surface area contributed by atoms with Crippen molar-refractivity contribution in [3.63, 3.8) is 0 Å². The van der Waals surface area contributed by atoms with Crippen LogP contribution < -0.4 is 4.90 Å². The van der Waals surface area contributed by atoms with E-state index in [1.165, 1.54) is 12.1 Å². The van der Waals surface area contributed by atoms with Gasteiger partial charge in [-0.3, -0.25) is 4.79 Å². The van der Waals surface area contributed by atoms with Crippen LogP contribution in [0, 0.1) is 5.92 Å². The van der Waals surface area contributed by atoms with Gasteiger partial charge in [0.15, 0.2) is 16.8 Å². The molecule has 1 amide bonds. The number of hydrogen-bond acceptors (Lipinski definition) is 7. The average Bonchev–Trinajstić information content (AvgIpc) is 3.28. The second-order valence-electron chi connectivity index (χ2n) is 10.0. The van der Waals surface area contributed by atoms with Gasteiger partial charge in [0.05, 0.1) is 29.1 Å². The highest BCUT2D eigenvalue weighted by Gasteiger charge is 2.47. The molecular weight excluding hydrogens is 559 g/mol. The van der Waals surface area contributed by atoms with Crippen molar-refractivity contribution in [3.05, 3.63) is 52.9 Å². The third-order valence-corrected chi connectivity index (χ3v) is 9.38. The fourth-order valence-electron chi connectivity index (χ4n) is 5.43. The number of anilines is 2. The van der Waals surface area contributed by atoms with E-state index in [2.05, 4.69) is 10.1 Å². The zero-order valence-electron chi connectivity index (χ0n) is 21.0. The molecule has 2 atom stereocenters.